The normalized spacial score (nSPS) is 21.1. The molecule has 4 rings (SSSR count). The number of fused-ring (bicyclic) bond motifs is 2. The summed E-state index contributed by atoms with van der Waals surface area (Å²) in [7, 11) is 0. The largest absolute Gasteiger partial charge is 0.487 e. The highest BCUT2D eigenvalue weighted by molar-refractivity contribution is 5.97. The van der Waals surface area contributed by atoms with Crippen LogP contribution in [0.5, 0.6) is 5.75 Å². The van der Waals surface area contributed by atoms with Crippen molar-refractivity contribution in [3.63, 3.8) is 0 Å². The van der Waals surface area contributed by atoms with Crippen LogP contribution in [0.2, 0.25) is 0 Å². The second-order valence-electron chi connectivity index (χ2n) is 9.81. The number of hydrogen-bond acceptors (Lipinski definition) is 4. The van der Waals surface area contributed by atoms with E-state index in [1.807, 2.05) is 41.3 Å². The van der Waals surface area contributed by atoms with Crippen molar-refractivity contribution in [1.29, 1.82) is 0 Å². The average molecular weight is 478 g/mol. The molecule has 2 aromatic carbocycles. The molecule has 1 aliphatic carbocycles. The second-order valence-corrected chi connectivity index (χ2v) is 9.81. The van der Waals surface area contributed by atoms with Crippen LogP contribution in [-0.4, -0.2) is 59.9 Å². The molecule has 1 N–H and O–H groups in total. The lowest BCUT2D eigenvalue weighted by atomic mass is 9.90. The Kier molecular flexibility index (Phi) is 8.67. The van der Waals surface area contributed by atoms with Crippen LogP contribution in [0.3, 0.4) is 0 Å². The van der Waals surface area contributed by atoms with Gasteiger partial charge in [-0.25, -0.2) is 0 Å². The van der Waals surface area contributed by atoms with Crippen molar-refractivity contribution < 1.29 is 14.3 Å². The Bertz CT molecular complexity index is 991. The zero-order chi connectivity index (χ0) is 24.6. The molecule has 35 heavy (non-hydrogen) atoms. The maximum atomic E-state index is 13.5. The first kappa shape index (κ1) is 25.1. The summed E-state index contributed by atoms with van der Waals surface area (Å²) in [5, 5.41) is 3.31. The lowest BCUT2D eigenvalue weighted by molar-refractivity contribution is -0.135. The summed E-state index contributed by atoms with van der Waals surface area (Å²) >= 11 is 0. The number of amides is 2. The molecule has 1 heterocycles. The molecule has 2 aliphatic rings. The van der Waals surface area contributed by atoms with E-state index in [1.165, 1.54) is 5.56 Å². The Labute approximate surface area is 209 Å². The molecule has 188 valence electrons. The maximum Gasteiger partial charge on any atom is 0.257 e. The van der Waals surface area contributed by atoms with E-state index in [9.17, 15) is 9.59 Å². The maximum absolute atomic E-state index is 13.5. The molecule has 0 unspecified atom stereocenters. The van der Waals surface area contributed by atoms with Crippen LogP contribution in [-0.2, 0) is 4.79 Å². The Morgan fingerprint density at radius 3 is 2.54 bits per heavy atom. The standard InChI is InChI=1S/C29H39N3O3/c1-3-18-31-19-8-9-20-32(28(33)21-30-23-16-14-22(2)15-17-23)25-11-5-7-13-27(25)35-26-12-6-4-10-24(26)29(31)34/h4,6,10,12,14-17,25,27,30H,3,5,7-9,11,13,18-21H2,1-2H3/t25-,27+/m1/s1. The van der Waals surface area contributed by atoms with Crippen LogP contribution in [0.4, 0.5) is 5.69 Å². The number of benzene rings is 2. The van der Waals surface area contributed by atoms with Crippen LogP contribution in [0.15, 0.2) is 48.5 Å². The third-order valence-electron chi connectivity index (χ3n) is 7.14. The highest BCUT2D eigenvalue weighted by atomic mass is 16.5. The molecular formula is C29H39N3O3. The number of nitrogens with one attached hydrogen (secondary N) is 1. The Morgan fingerprint density at radius 1 is 1.00 bits per heavy atom. The molecule has 1 fully saturated rings. The first-order chi connectivity index (χ1) is 17.1. The van der Waals surface area contributed by atoms with Crippen LogP contribution in [0.25, 0.3) is 0 Å². The Morgan fingerprint density at radius 2 is 1.74 bits per heavy atom. The number of hydrogen-bond donors (Lipinski definition) is 1. The number of nitrogens with zero attached hydrogens (tertiary/aromatic N) is 2. The van der Waals surface area contributed by atoms with Crippen molar-refractivity contribution >= 4 is 17.5 Å². The number of para-hydroxylation sites is 1. The van der Waals surface area contributed by atoms with E-state index in [0.29, 0.717) is 24.4 Å². The van der Waals surface area contributed by atoms with Crippen molar-refractivity contribution in [2.45, 2.75) is 70.9 Å². The van der Waals surface area contributed by atoms with E-state index in [-0.39, 0.29) is 30.5 Å². The van der Waals surface area contributed by atoms with Crippen molar-refractivity contribution in [3.05, 3.63) is 59.7 Å². The summed E-state index contributed by atoms with van der Waals surface area (Å²) in [5.74, 6) is 0.796. The zero-order valence-corrected chi connectivity index (χ0v) is 21.2. The molecule has 0 spiro atoms. The minimum atomic E-state index is -0.111. The van der Waals surface area contributed by atoms with E-state index in [4.69, 9.17) is 4.74 Å². The van der Waals surface area contributed by atoms with Gasteiger partial charge in [0.05, 0.1) is 18.2 Å². The molecule has 0 bridgehead atoms. The molecule has 6 heteroatoms. The number of anilines is 1. The molecular weight excluding hydrogens is 438 g/mol. The van der Waals surface area contributed by atoms with Crippen LogP contribution in [0, 0.1) is 6.92 Å². The molecule has 2 amide bonds. The molecule has 1 aliphatic heterocycles. The first-order valence-corrected chi connectivity index (χ1v) is 13.2. The van der Waals surface area contributed by atoms with Gasteiger partial charge in [-0.2, -0.15) is 0 Å². The van der Waals surface area contributed by atoms with Gasteiger partial charge in [-0.1, -0.05) is 43.2 Å². The number of rotatable bonds is 5. The lowest BCUT2D eigenvalue weighted by Crippen LogP contribution is -2.52. The minimum absolute atomic E-state index is 0.0189. The van der Waals surface area contributed by atoms with Gasteiger partial charge in [0, 0.05) is 25.3 Å². The smallest absolute Gasteiger partial charge is 0.257 e. The Balaban J connectivity index is 1.57. The SMILES string of the molecule is CCCN1CCCCN(C(=O)CNc2ccc(C)cc2)[C@@H]2CCCC[C@@H]2Oc2ccccc2C1=O. The third kappa shape index (κ3) is 6.36. The highest BCUT2D eigenvalue weighted by Gasteiger charge is 2.35. The second kappa shape index (κ2) is 12.1. The zero-order valence-electron chi connectivity index (χ0n) is 21.2. The van der Waals surface area contributed by atoms with Gasteiger partial charge in [0.1, 0.15) is 11.9 Å². The molecule has 0 saturated heterocycles. The fraction of sp³-hybridized carbons (Fsp3) is 0.517. The minimum Gasteiger partial charge on any atom is -0.487 e. The predicted octanol–water partition coefficient (Wildman–Crippen LogP) is 5.27. The van der Waals surface area contributed by atoms with Gasteiger partial charge in [0.25, 0.3) is 5.91 Å². The predicted molar refractivity (Wildman–Crippen MR) is 140 cm³/mol. The van der Waals surface area contributed by atoms with Gasteiger partial charge >= 0.3 is 0 Å². The topological polar surface area (TPSA) is 61.9 Å². The van der Waals surface area contributed by atoms with Gasteiger partial charge in [-0.3, -0.25) is 9.59 Å². The summed E-state index contributed by atoms with van der Waals surface area (Å²) in [4.78, 5) is 30.9. The van der Waals surface area contributed by atoms with E-state index >= 15 is 0 Å². The molecule has 0 aromatic heterocycles. The number of carbonyl (C=O) groups is 2. The molecule has 6 nitrogen and oxygen atoms in total. The van der Waals surface area contributed by atoms with Gasteiger partial charge < -0.3 is 19.9 Å². The summed E-state index contributed by atoms with van der Waals surface area (Å²) in [6.07, 6.45) is 6.53. The van der Waals surface area contributed by atoms with Crippen LogP contribution < -0.4 is 10.1 Å². The van der Waals surface area contributed by atoms with Crippen LogP contribution in [0.1, 0.15) is 67.8 Å². The molecule has 0 radical (unpaired) electrons. The van der Waals surface area contributed by atoms with Crippen molar-refractivity contribution in [2.75, 3.05) is 31.5 Å². The van der Waals surface area contributed by atoms with Crippen molar-refractivity contribution in [1.82, 2.24) is 9.80 Å². The number of carbonyl (C=O) groups excluding carboxylic acids is 2. The van der Waals surface area contributed by atoms with Gasteiger partial charge in [0.2, 0.25) is 5.91 Å². The Hall–Kier alpha value is -3.02. The lowest BCUT2D eigenvalue weighted by Gasteiger charge is -2.41. The number of aryl methyl sites for hydroxylation is 1. The summed E-state index contributed by atoms with van der Waals surface area (Å²) in [5.41, 5.74) is 2.78. The molecule has 1 saturated carbocycles. The van der Waals surface area contributed by atoms with E-state index in [2.05, 4.69) is 36.2 Å². The van der Waals surface area contributed by atoms with Crippen molar-refractivity contribution in [3.8, 4) is 5.75 Å². The third-order valence-corrected chi connectivity index (χ3v) is 7.14. The quantitative estimate of drug-likeness (QED) is 0.637. The monoisotopic (exact) mass is 477 g/mol. The fourth-order valence-electron chi connectivity index (χ4n) is 5.25. The molecule has 2 atom stereocenters. The van der Waals surface area contributed by atoms with Gasteiger partial charge in [-0.05, 0) is 69.7 Å². The van der Waals surface area contributed by atoms with E-state index in [0.717, 1.165) is 57.2 Å². The number of ether oxygens (including phenoxy) is 1. The van der Waals surface area contributed by atoms with Gasteiger partial charge in [0.15, 0.2) is 0 Å². The molecule has 2 aromatic rings. The summed E-state index contributed by atoms with van der Waals surface area (Å²) in [6, 6.07) is 15.8. The van der Waals surface area contributed by atoms with E-state index in [1.54, 1.807) is 0 Å². The van der Waals surface area contributed by atoms with E-state index < -0.39 is 0 Å². The van der Waals surface area contributed by atoms with Crippen LogP contribution >= 0.6 is 0 Å². The fourth-order valence-corrected chi connectivity index (χ4v) is 5.25. The summed E-state index contributed by atoms with van der Waals surface area (Å²) in [6.45, 7) is 6.53. The highest BCUT2D eigenvalue weighted by Crippen LogP contribution is 2.31. The summed E-state index contributed by atoms with van der Waals surface area (Å²) < 4.78 is 6.56. The van der Waals surface area contributed by atoms with Gasteiger partial charge in [-0.15, -0.1) is 0 Å². The first-order valence-electron chi connectivity index (χ1n) is 13.2. The van der Waals surface area contributed by atoms with Crippen molar-refractivity contribution in [2.24, 2.45) is 0 Å². The average Bonchev–Trinajstić information content (AvgIpc) is 2.87.